The summed E-state index contributed by atoms with van der Waals surface area (Å²) in [5, 5.41) is 0. The zero-order valence-corrected chi connectivity index (χ0v) is 7.11. The van der Waals surface area contributed by atoms with E-state index in [4.69, 9.17) is 0 Å². The molecular formula is C7H12F3NO. The third-order valence-electron chi connectivity index (χ3n) is 2.33. The Morgan fingerprint density at radius 1 is 1.42 bits per heavy atom. The zero-order chi connectivity index (χ0) is 9.41. The zero-order valence-electron chi connectivity index (χ0n) is 7.11. The van der Waals surface area contributed by atoms with Gasteiger partial charge in [0.25, 0.3) is 0 Å². The number of nitrogens with zero attached hydrogens (tertiary/aromatic N) is 1. The normalized spacial score (nSPS) is 32.8. The summed E-state index contributed by atoms with van der Waals surface area (Å²) < 4.78 is 41.9. The van der Waals surface area contributed by atoms with Crippen molar-refractivity contribution in [3.63, 3.8) is 0 Å². The van der Waals surface area contributed by atoms with Crippen molar-refractivity contribution in [3.05, 3.63) is 0 Å². The molecule has 0 saturated carbocycles. The standard InChI is InChI=1S/C7H12F3NO/c1-11-4-3-6(5-11,12-2)7(8,9)10/h3-5H2,1-2H3. The fourth-order valence-electron chi connectivity index (χ4n) is 1.48. The lowest BCUT2D eigenvalue weighted by Crippen LogP contribution is -2.48. The van der Waals surface area contributed by atoms with Gasteiger partial charge in [-0.2, -0.15) is 13.2 Å². The number of halogens is 3. The maximum absolute atomic E-state index is 12.4. The number of likely N-dealkylation sites (N-methyl/N-ethyl adjacent to an activating group) is 1. The predicted molar refractivity (Wildman–Crippen MR) is 37.9 cm³/mol. The van der Waals surface area contributed by atoms with Gasteiger partial charge in [-0.25, -0.2) is 0 Å². The maximum atomic E-state index is 12.4. The van der Waals surface area contributed by atoms with E-state index >= 15 is 0 Å². The van der Waals surface area contributed by atoms with E-state index in [-0.39, 0.29) is 13.0 Å². The van der Waals surface area contributed by atoms with E-state index in [9.17, 15) is 13.2 Å². The topological polar surface area (TPSA) is 12.5 Å². The van der Waals surface area contributed by atoms with Crippen molar-refractivity contribution in [1.29, 1.82) is 0 Å². The molecule has 2 nitrogen and oxygen atoms in total. The molecule has 0 aromatic rings. The molecule has 1 aliphatic rings. The highest BCUT2D eigenvalue weighted by Crippen LogP contribution is 2.39. The van der Waals surface area contributed by atoms with Gasteiger partial charge in [0.15, 0.2) is 5.60 Å². The van der Waals surface area contributed by atoms with Crippen molar-refractivity contribution in [2.45, 2.75) is 18.2 Å². The highest BCUT2D eigenvalue weighted by atomic mass is 19.4. The molecule has 72 valence electrons. The van der Waals surface area contributed by atoms with Crippen LogP contribution in [0.3, 0.4) is 0 Å². The van der Waals surface area contributed by atoms with Crippen LogP contribution in [0.4, 0.5) is 13.2 Å². The SMILES string of the molecule is COC1(C(F)(F)F)CCN(C)C1. The summed E-state index contributed by atoms with van der Waals surface area (Å²) >= 11 is 0. The molecule has 0 aromatic carbocycles. The molecule has 0 amide bonds. The average Bonchev–Trinajstić information content (AvgIpc) is 2.31. The third kappa shape index (κ3) is 1.43. The Hall–Kier alpha value is -0.290. The van der Waals surface area contributed by atoms with E-state index in [0.29, 0.717) is 6.54 Å². The molecule has 5 heteroatoms. The van der Waals surface area contributed by atoms with E-state index in [2.05, 4.69) is 4.74 Å². The van der Waals surface area contributed by atoms with Crippen LogP contribution in [0.25, 0.3) is 0 Å². The van der Waals surface area contributed by atoms with Gasteiger partial charge in [0.1, 0.15) is 0 Å². The van der Waals surface area contributed by atoms with Crippen LogP contribution < -0.4 is 0 Å². The Balaban J connectivity index is 2.78. The fourth-order valence-corrected chi connectivity index (χ4v) is 1.48. The van der Waals surface area contributed by atoms with Gasteiger partial charge < -0.3 is 9.64 Å². The maximum Gasteiger partial charge on any atom is 0.418 e. The molecule has 12 heavy (non-hydrogen) atoms. The molecule has 1 heterocycles. The van der Waals surface area contributed by atoms with Crippen LogP contribution in [0.15, 0.2) is 0 Å². The molecule has 0 bridgehead atoms. The molecule has 0 spiro atoms. The molecule has 1 aliphatic heterocycles. The summed E-state index contributed by atoms with van der Waals surface area (Å²) in [5.41, 5.74) is -1.93. The Labute approximate surface area is 69.3 Å². The first-order valence-corrected chi connectivity index (χ1v) is 3.72. The van der Waals surface area contributed by atoms with Crippen molar-refractivity contribution < 1.29 is 17.9 Å². The molecule has 1 atom stereocenters. The van der Waals surface area contributed by atoms with Gasteiger partial charge >= 0.3 is 6.18 Å². The van der Waals surface area contributed by atoms with Gasteiger partial charge in [-0.1, -0.05) is 0 Å². The van der Waals surface area contributed by atoms with Gasteiger partial charge in [0.05, 0.1) is 0 Å². The first-order valence-electron chi connectivity index (χ1n) is 3.72. The molecule has 1 fully saturated rings. The monoisotopic (exact) mass is 183 g/mol. The minimum Gasteiger partial charge on any atom is -0.367 e. The van der Waals surface area contributed by atoms with Crippen molar-refractivity contribution in [2.24, 2.45) is 0 Å². The minimum absolute atomic E-state index is 0.0312. The van der Waals surface area contributed by atoms with E-state index in [1.807, 2.05) is 0 Å². The second-order valence-electron chi connectivity index (χ2n) is 3.18. The summed E-state index contributed by atoms with van der Waals surface area (Å²) in [6, 6.07) is 0. The lowest BCUT2D eigenvalue weighted by atomic mass is 10.0. The number of alkyl halides is 3. The van der Waals surface area contributed by atoms with Gasteiger partial charge in [-0.05, 0) is 13.5 Å². The first-order chi connectivity index (χ1) is 5.41. The molecule has 0 N–H and O–H groups in total. The second kappa shape index (κ2) is 2.88. The molecule has 1 saturated heterocycles. The summed E-state index contributed by atoms with van der Waals surface area (Å²) in [6.45, 7) is 0.375. The number of rotatable bonds is 1. The lowest BCUT2D eigenvalue weighted by molar-refractivity contribution is -0.263. The third-order valence-corrected chi connectivity index (χ3v) is 2.33. The Bertz CT molecular complexity index is 171. The van der Waals surface area contributed by atoms with Crippen LogP contribution in [0, 0.1) is 0 Å². The van der Waals surface area contributed by atoms with E-state index in [1.54, 1.807) is 11.9 Å². The number of ether oxygens (including phenoxy) is 1. The smallest absolute Gasteiger partial charge is 0.367 e. The second-order valence-corrected chi connectivity index (χ2v) is 3.18. The number of hydrogen-bond acceptors (Lipinski definition) is 2. The lowest BCUT2D eigenvalue weighted by Gasteiger charge is -2.29. The van der Waals surface area contributed by atoms with Crippen molar-refractivity contribution in [1.82, 2.24) is 4.90 Å². The van der Waals surface area contributed by atoms with Crippen LogP contribution in [0.2, 0.25) is 0 Å². The molecule has 0 aromatic heterocycles. The quantitative estimate of drug-likeness (QED) is 0.607. The molecule has 0 aliphatic carbocycles. The molecule has 0 radical (unpaired) electrons. The predicted octanol–water partition coefficient (Wildman–Crippen LogP) is 1.27. The summed E-state index contributed by atoms with van der Waals surface area (Å²) in [6.07, 6.45) is -4.23. The number of likely N-dealkylation sites (tertiary alicyclic amines) is 1. The van der Waals surface area contributed by atoms with Crippen LogP contribution in [0.1, 0.15) is 6.42 Å². The van der Waals surface area contributed by atoms with Crippen LogP contribution in [-0.4, -0.2) is 43.9 Å². The Morgan fingerprint density at radius 3 is 2.17 bits per heavy atom. The van der Waals surface area contributed by atoms with E-state index in [0.717, 1.165) is 7.11 Å². The molecule has 1 unspecified atom stereocenters. The number of methoxy groups -OCH3 is 1. The Morgan fingerprint density at radius 2 is 2.00 bits per heavy atom. The summed E-state index contributed by atoms with van der Waals surface area (Å²) in [4.78, 5) is 1.62. The number of hydrogen-bond donors (Lipinski definition) is 0. The largest absolute Gasteiger partial charge is 0.418 e. The van der Waals surface area contributed by atoms with Crippen molar-refractivity contribution in [3.8, 4) is 0 Å². The minimum atomic E-state index is -4.26. The highest BCUT2D eigenvalue weighted by molar-refractivity contribution is 4.96. The van der Waals surface area contributed by atoms with Crippen LogP contribution >= 0.6 is 0 Å². The first kappa shape index (κ1) is 9.80. The van der Waals surface area contributed by atoms with Crippen LogP contribution in [-0.2, 0) is 4.74 Å². The van der Waals surface area contributed by atoms with E-state index in [1.165, 1.54) is 0 Å². The average molecular weight is 183 g/mol. The molecule has 1 rings (SSSR count). The fraction of sp³-hybridized carbons (Fsp3) is 1.00. The highest BCUT2D eigenvalue weighted by Gasteiger charge is 2.58. The summed E-state index contributed by atoms with van der Waals surface area (Å²) in [7, 11) is 2.78. The summed E-state index contributed by atoms with van der Waals surface area (Å²) in [5.74, 6) is 0. The van der Waals surface area contributed by atoms with Crippen LogP contribution in [0.5, 0.6) is 0 Å². The molecular weight excluding hydrogens is 171 g/mol. The van der Waals surface area contributed by atoms with E-state index < -0.39 is 11.8 Å². The van der Waals surface area contributed by atoms with Gasteiger partial charge in [0.2, 0.25) is 0 Å². The van der Waals surface area contributed by atoms with Gasteiger partial charge in [-0.15, -0.1) is 0 Å². The van der Waals surface area contributed by atoms with Crippen molar-refractivity contribution >= 4 is 0 Å². The van der Waals surface area contributed by atoms with Gasteiger partial charge in [-0.3, -0.25) is 0 Å². The Kier molecular flexibility index (Phi) is 2.35. The van der Waals surface area contributed by atoms with Crippen molar-refractivity contribution in [2.75, 3.05) is 27.2 Å². The van der Waals surface area contributed by atoms with Gasteiger partial charge in [0, 0.05) is 20.2 Å².